The summed E-state index contributed by atoms with van der Waals surface area (Å²) >= 11 is 0. The van der Waals surface area contributed by atoms with Crippen LogP contribution in [0.25, 0.3) is 22.2 Å². The van der Waals surface area contributed by atoms with Gasteiger partial charge in [-0.3, -0.25) is 0 Å². The molecule has 0 bridgehead atoms. The maximum Gasteiger partial charge on any atom is 0.330 e. The van der Waals surface area contributed by atoms with Gasteiger partial charge in [0.25, 0.3) is 0 Å². The Labute approximate surface area is 181 Å². The van der Waals surface area contributed by atoms with Gasteiger partial charge in [-0.25, -0.2) is 13.6 Å². The molecule has 0 saturated carbocycles. The first-order valence-corrected chi connectivity index (χ1v) is 10.3. The van der Waals surface area contributed by atoms with Crippen molar-refractivity contribution in [2.75, 3.05) is 13.2 Å². The Morgan fingerprint density at radius 3 is 2.48 bits per heavy atom. The van der Waals surface area contributed by atoms with Gasteiger partial charge in [0.1, 0.15) is 5.75 Å². The summed E-state index contributed by atoms with van der Waals surface area (Å²) < 4.78 is 40.5. The van der Waals surface area contributed by atoms with E-state index >= 15 is 0 Å². The lowest BCUT2D eigenvalue weighted by atomic mass is 10.1. The van der Waals surface area contributed by atoms with Gasteiger partial charge in [-0.1, -0.05) is 36.9 Å². The summed E-state index contributed by atoms with van der Waals surface area (Å²) in [4.78, 5) is 10.9. The minimum absolute atomic E-state index is 0.0292. The molecule has 1 heterocycles. The molecule has 0 fully saturated rings. The number of rotatable bonds is 11. The van der Waals surface area contributed by atoms with E-state index in [9.17, 15) is 13.6 Å². The molecule has 3 aromatic rings. The summed E-state index contributed by atoms with van der Waals surface area (Å²) in [6.45, 7) is 3.44. The predicted molar refractivity (Wildman–Crippen MR) is 118 cm³/mol. The van der Waals surface area contributed by atoms with Crippen molar-refractivity contribution in [1.82, 2.24) is 4.57 Å². The minimum atomic E-state index is -2.81. The maximum atomic E-state index is 14.0. The second-order valence-corrected chi connectivity index (χ2v) is 7.46. The minimum Gasteiger partial charge on any atom is -0.494 e. The number of ether oxygens (including phenoxy) is 2. The zero-order valence-electron chi connectivity index (χ0n) is 17.7. The van der Waals surface area contributed by atoms with Crippen LogP contribution in [0.3, 0.4) is 0 Å². The number of hydrogen-bond donors (Lipinski definition) is 0. The predicted octanol–water partition coefficient (Wildman–Crippen LogP) is 6.15. The highest BCUT2D eigenvalue weighted by atomic mass is 19.3. The normalized spacial score (nSPS) is 11.5. The Morgan fingerprint density at radius 2 is 1.77 bits per heavy atom. The standard InChI is InChI=1S/C25H27F2NO3/c1-3-24(29)31-16-8-14-25(26,27)13-7-15-30-21-12-11-20-17-22(28(2)23(20)18-21)19-9-5-4-6-10-19/h3-6,9-12,17-18H,1,7-8,13-16H2,2H3. The molecule has 0 aliphatic rings. The molecular weight excluding hydrogens is 400 g/mol. The molecule has 0 atom stereocenters. The molecule has 4 nitrogen and oxygen atoms in total. The van der Waals surface area contributed by atoms with E-state index in [1.807, 2.05) is 43.4 Å². The molecule has 0 spiro atoms. The fourth-order valence-corrected chi connectivity index (χ4v) is 3.49. The molecule has 3 rings (SSSR count). The van der Waals surface area contributed by atoms with Gasteiger partial charge >= 0.3 is 5.97 Å². The second-order valence-electron chi connectivity index (χ2n) is 7.46. The van der Waals surface area contributed by atoms with E-state index in [1.54, 1.807) is 0 Å². The topological polar surface area (TPSA) is 40.5 Å². The quantitative estimate of drug-likeness (QED) is 0.209. The van der Waals surface area contributed by atoms with E-state index in [2.05, 4.69) is 29.3 Å². The van der Waals surface area contributed by atoms with Crippen LogP contribution in [0.5, 0.6) is 5.75 Å². The van der Waals surface area contributed by atoms with Crippen LogP contribution in [0.15, 0.2) is 67.3 Å². The van der Waals surface area contributed by atoms with E-state index in [-0.39, 0.29) is 38.9 Å². The van der Waals surface area contributed by atoms with Crippen molar-refractivity contribution in [2.45, 2.75) is 31.6 Å². The molecule has 0 unspecified atom stereocenters. The molecule has 0 aliphatic carbocycles. The molecule has 0 radical (unpaired) electrons. The molecule has 0 N–H and O–H groups in total. The SMILES string of the molecule is C=CC(=O)OCCCC(F)(F)CCCOc1ccc2cc(-c3ccccc3)n(C)c2c1. The zero-order valence-corrected chi connectivity index (χ0v) is 17.7. The molecular formula is C25H27F2NO3. The average molecular weight is 427 g/mol. The zero-order chi connectivity index (χ0) is 22.3. The highest BCUT2D eigenvalue weighted by Gasteiger charge is 2.27. The summed E-state index contributed by atoms with van der Waals surface area (Å²) in [5.41, 5.74) is 3.26. The van der Waals surface area contributed by atoms with Gasteiger partial charge in [0.15, 0.2) is 0 Å². The third-order valence-electron chi connectivity index (χ3n) is 5.14. The van der Waals surface area contributed by atoms with Crippen molar-refractivity contribution in [3.63, 3.8) is 0 Å². The van der Waals surface area contributed by atoms with Crippen LogP contribution in [0.4, 0.5) is 8.78 Å². The van der Waals surface area contributed by atoms with E-state index in [0.717, 1.165) is 28.2 Å². The van der Waals surface area contributed by atoms with Gasteiger partial charge in [-0.2, -0.15) is 0 Å². The van der Waals surface area contributed by atoms with Crippen LogP contribution in [0, 0.1) is 0 Å². The molecule has 6 heteroatoms. The van der Waals surface area contributed by atoms with Gasteiger partial charge in [-0.05, 0) is 36.6 Å². The lowest BCUT2D eigenvalue weighted by Crippen LogP contribution is -2.18. The summed E-state index contributed by atoms with van der Waals surface area (Å²) in [5.74, 6) is -2.74. The molecule has 0 aliphatic heterocycles. The first-order valence-electron chi connectivity index (χ1n) is 10.3. The highest BCUT2D eigenvalue weighted by Crippen LogP contribution is 2.30. The van der Waals surface area contributed by atoms with E-state index in [0.29, 0.717) is 5.75 Å². The third-order valence-corrected chi connectivity index (χ3v) is 5.14. The molecule has 164 valence electrons. The van der Waals surface area contributed by atoms with Gasteiger partial charge in [-0.15, -0.1) is 0 Å². The first-order chi connectivity index (χ1) is 14.9. The number of aromatic nitrogens is 1. The Balaban J connectivity index is 1.50. The average Bonchev–Trinajstić information content (AvgIpc) is 3.11. The van der Waals surface area contributed by atoms with Crippen LogP contribution < -0.4 is 4.74 Å². The number of aryl methyl sites for hydroxylation is 1. The number of alkyl halides is 2. The van der Waals surface area contributed by atoms with Crippen molar-refractivity contribution >= 4 is 16.9 Å². The second kappa shape index (κ2) is 10.2. The number of nitrogens with zero attached hydrogens (tertiary/aromatic N) is 1. The van der Waals surface area contributed by atoms with Crippen molar-refractivity contribution in [3.05, 3.63) is 67.3 Å². The summed E-state index contributed by atoms with van der Waals surface area (Å²) in [5, 5.41) is 1.09. The maximum absolute atomic E-state index is 14.0. The van der Waals surface area contributed by atoms with Gasteiger partial charge in [0, 0.05) is 43.1 Å². The molecule has 31 heavy (non-hydrogen) atoms. The van der Waals surface area contributed by atoms with Crippen LogP contribution in [-0.4, -0.2) is 29.7 Å². The number of esters is 1. The lowest BCUT2D eigenvalue weighted by molar-refractivity contribution is -0.138. The number of carbonyl (C=O) groups is 1. The summed E-state index contributed by atoms with van der Waals surface area (Å²) in [6, 6.07) is 18.0. The lowest BCUT2D eigenvalue weighted by Gasteiger charge is -2.16. The molecule has 0 saturated heterocycles. The fraction of sp³-hybridized carbons (Fsp3) is 0.320. The van der Waals surface area contributed by atoms with Crippen LogP contribution in [0.2, 0.25) is 0 Å². The van der Waals surface area contributed by atoms with Crippen molar-refractivity contribution < 1.29 is 23.0 Å². The molecule has 2 aromatic carbocycles. The summed E-state index contributed by atoms with van der Waals surface area (Å²) in [7, 11) is 2.00. The Hall–Kier alpha value is -3.15. The number of carbonyl (C=O) groups excluding carboxylic acids is 1. The summed E-state index contributed by atoms with van der Waals surface area (Å²) in [6.07, 6.45) is 0.772. The monoisotopic (exact) mass is 427 g/mol. The van der Waals surface area contributed by atoms with E-state index < -0.39 is 11.9 Å². The van der Waals surface area contributed by atoms with Crippen LogP contribution in [0.1, 0.15) is 25.7 Å². The number of halogens is 2. The van der Waals surface area contributed by atoms with Crippen LogP contribution in [-0.2, 0) is 16.6 Å². The van der Waals surface area contributed by atoms with E-state index in [1.165, 1.54) is 0 Å². The van der Waals surface area contributed by atoms with Crippen molar-refractivity contribution in [3.8, 4) is 17.0 Å². The van der Waals surface area contributed by atoms with Crippen LogP contribution >= 0.6 is 0 Å². The van der Waals surface area contributed by atoms with Gasteiger partial charge < -0.3 is 14.0 Å². The number of benzene rings is 2. The third kappa shape index (κ3) is 6.17. The number of fused-ring (bicyclic) bond motifs is 1. The molecule has 0 amide bonds. The smallest absolute Gasteiger partial charge is 0.330 e. The highest BCUT2D eigenvalue weighted by molar-refractivity contribution is 5.88. The van der Waals surface area contributed by atoms with Gasteiger partial charge in [0.2, 0.25) is 5.92 Å². The Kier molecular flexibility index (Phi) is 7.45. The molecule has 1 aromatic heterocycles. The van der Waals surface area contributed by atoms with Gasteiger partial charge in [0.05, 0.1) is 18.7 Å². The van der Waals surface area contributed by atoms with E-state index in [4.69, 9.17) is 9.47 Å². The van der Waals surface area contributed by atoms with Crippen molar-refractivity contribution in [1.29, 1.82) is 0 Å². The van der Waals surface area contributed by atoms with Crippen molar-refractivity contribution in [2.24, 2.45) is 7.05 Å². The first kappa shape index (κ1) is 22.5. The number of hydrogen-bond acceptors (Lipinski definition) is 3. The largest absolute Gasteiger partial charge is 0.494 e. The Bertz CT molecular complexity index is 1030. The Morgan fingerprint density at radius 1 is 1.06 bits per heavy atom. The fourth-order valence-electron chi connectivity index (χ4n) is 3.49.